The van der Waals surface area contributed by atoms with E-state index in [4.69, 9.17) is 9.47 Å². The maximum Gasteiger partial charge on any atom is 0.308 e. The lowest BCUT2D eigenvalue weighted by Gasteiger charge is -2.12. The minimum absolute atomic E-state index is 0.224. The highest BCUT2D eigenvalue weighted by atomic mass is 79.9. The lowest BCUT2D eigenvalue weighted by atomic mass is 10.2. The molecule has 3 rings (SSSR count). The molecule has 3 aromatic rings. The molecule has 0 saturated heterocycles. The summed E-state index contributed by atoms with van der Waals surface area (Å²) in [4.78, 5) is 29.5. The quantitative estimate of drug-likeness (QED) is 0.233. The van der Waals surface area contributed by atoms with Crippen molar-refractivity contribution in [1.29, 1.82) is 0 Å². The topological polar surface area (TPSA) is 82.8 Å². The summed E-state index contributed by atoms with van der Waals surface area (Å²) in [6.07, 6.45) is 3.90. The van der Waals surface area contributed by atoms with Gasteiger partial charge < -0.3 is 9.47 Å². The molecular formula is C22H21Br2N3O4. The minimum atomic E-state index is -0.492. The summed E-state index contributed by atoms with van der Waals surface area (Å²) >= 11 is 6.82. The number of carbonyl (C=O) groups is 1. The van der Waals surface area contributed by atoms with Crippen LogP contribution in [0.1, 0.15) is 38.1 Å². The number of carbonyl (C=O) groups excluding carboxylic acids is 1. The van der Waals surface area contributed by atoms with Gasteiger partial charge in [-0.05, 0) is 36.8 Å². The van der Waals surface area contributed by atoms with E-state index < -0.39 is 5.97 Å². The molecule has 162 valence electrons. The van der Waals surface area contributed by atoms with Crippen LogP contribution >= 0.6 is 31.9 Å². The average Bonchev–Trinajstić information content (AvgIpc) is 2.73. The summed E-state index contributed by atoms with van der Waals surface area (Å²) < 4.78 is 13.5. The molecule has 0 aliphatic heterocycles. The molecule has 0 spiro atoms. The summed E-state index contributed by atoms with van der Waals surface area (Å²) in [6, 6.07) is 8.80. The zero-order valence-electron chi connectivity index (χ0n) is 17.3. The molecule has 0 N–H and O–H groups in total. The van der Waals surface area contributed by atoms with E-state index in [-0.39, 0.29) is 11.3 Å². The van der Waals surface area contributed by atoms with Crippen LogP contribution in [0.25, 0.3) is 10.9 Å². The molecule has 0 aliphatic carbocycles. The summed E-state index contributed by atoms with van der Waals surface area (Å²) in [5.74, 6) is 0.661. The Hall–Kier alpha value is -2.52. The van der Waals surface area contributed by atoms with Crippen molar-refractivity contribution in [2.45, 2.75) is 33.1 Å². The van der Waals surface area contributed by atoms with Crippen LogP contribution in [-0.4, -0.2) is 29.0 Å². The van der Waals surface area contributed by atoms with E-state index in [9.17, 15) is 9.59 Å². The third-order valence-electron chi connectivity index (χ3n) is 4.46. The number of rotatable bonds is 7. The second-order valence-electron chi connectivity index (χ2n) is 6.77. The first kappa shape index (κ1) is 23.1. The number of ether oxygens (including phenoxy) is 2. The highest BCUT2D eigenvalue weighted by Gasteiger charge is 2.15. The van der Waals surface area contributed by atoms with Gasteiger partial charge in [-0.25, -0.2) is 4.98 Å². The Morgan fingerprint density at radius 3 is 2.68 bits per heavy atom. The first-order valence-corrected chi connectivity index (χ1v) is 11.2. The number of hydrogen-bond acceptors (Lipinski definition) is 6. The van der Waals surface area contributed by atoms with Crippen molar-refractivity contribution in [3.8, 4) is 11.5 Å². The molecule has 0 amide bonds. The van der Waals surface area contributed by atoms with Gasteiger partial charge in [0.1, 0.15) is 5.82 Å². The van der Waals surface area contributed by atoms with E-state index in [0.717, 1.165) is 17.3 Å². The number of aromatic nitrogens is 2. The molecule has 0 atom stereocenters. The fourth-order valence-electron chi connectivity index (χ4n) is 3.02. The molecule has 9 heteroatoms. The molecule has 0 bridgehead atoms. The van der Waals surface area contributed by atoms with Crippen molar-refractivity contribution in [1.82, 2.24) is 9.66 Å². The number of unbranched alkanes of at least 4 members (excludes halogenated alkanes) is 1. The van der Waals surface area contributed by atoms with Gasteiger partial charge in [-0.3, -0.25) is 9.59 Å². The number of methoxy groups -OCH3 is 1. The smallest absolute Gasteiger partial charge is 0.308 e. The standard InChI is InChI=1S/C22H21Br2N3O4/c1-4-5-6-20-26-18-8-7-15(23)10-17(18)22(29)27(20)25-12-14-9-16(24)11-19(30-3)21(14)31-13(2)28/h7-12H,4-6H2,1-3H3. The number of hydrogen-bond donors (Lipinski definition) is 0. The number of halogens is 2. The fraction of sp³-hybridized carbons (Fsp3) is 0.273. The van der Waals surface area contributed by atoms with Crippen molar-refractivity contribution >= 4 is 54.9 Å². The van der Waals surface area contributed by atoms with Gasteiger partial charge in [-0.2, -0.15) is 9.78 Å². The van der Waals surface area contributed by atoms with Crippen molar-refractivity contribution in [2.24, 2.45) is 5.10 Å². The maximum atomic E-state index is 13.2. The Morgan fingerprint density at radius 2 is 2.00 bits per heavy atom. The molecule has 31 heavy (non-hydrogen) atoms. The lowest BCUT2D eigenvalue weighted by Crippen LogP contribution is -2.22. The van der Waals surface area contributed by atoms with E-state index in [1.807, 2.05) is 12.1 Å². The van der Waals surface area contributed by atoms with Gasteiger partial charge in [0.25, 0.3) is 5.56 Å². The van der Waals surface area contributed by atoms with E-state index in [1.165, 1.54) is 24.9 Å². The molecule has 1 aromatic heterocycles. The van der Waals surface area contributed by atoms with E-state index in [0.29, 0.717) is 38.9 Å². The van der Waals surface area contributed by atoms with Gasteiger partial charge in [0.2, 0.25) is 0 Å². The van der Waals surface area contributed by atoms with Crippen LogP contribution in [0, 0.1) is 0 Å². The van der Waals surface area contributed by atoms with Crippen molar-refractivity contribution in [2.75, 3.05) is 7.11 Å². The van der Waals surface area contributed by atoms with Crippen LogP contribution < -0.4 is 15.0 Å². The van der Waals surface area contributed by atoms with E-state index in [1.54, 1.807) is 18.2 Å². The Kier molecular flexibility index (Phi) is 7.61. The van der Waals surface area contributed by atoms with Gasteiger partial charge in [-0.15, -0.1) is 0 Å². The SMILES string of the molecule is CCCCc1nc2ccc(Br)cc2c(=O)n1N=Cc1cc(Br)cc(OC)c1OC(C)=O. The first-order valence-electron chi connectivity index (χ1n) is 9.65. The largest absolute Gasteiger partial charge is 0.493 e. The van der Waals surface area contributed by atoms with Gasteiger partial charge in [0, 0.05) is 27.9 Å². The number of benzene rings is 2. The van der Waals surface area contributed by atoms with E-state index in [2.05, 4.69) is 48.9 Å². The summed E-state index contributed by atoms with van der Waals surface area (Å²) in [6.45, 7) is 3.38. The predicted molar refractivity (Wildman–Crippen MR) is 127 cm³/mol. The Bertz CT molecular complexity index is 1220. The summed E-state index contributed by atoms with van der Waals surface area (Å²) in [5, 5.41) is 4.88. The Balaban J connectivity index is 2.18. The molecule has 0 unspecified atom stereocenters. The van der Waals surface area contributed by atoms with Crippen LogP contribution in [0.2, 0.25) is 0 Å². The Labute approximate surface area is 196 Å². The van der Waals surface area contributed by atoms with Crippen LogP contribution in [0.5, 0.6) is 11.5 Å². The van der Waals surface area contributed by atoms with Crippen molar-refractivity contribution < 1.29 is 14.3 Å². The van der Waals surface area contributed by atoms with Crippen LogP contribution in [0.4, 0.5) is 0 Å². The third kappa shape index (κ3) is 5.40. The van der Waals surface area contributed by atoms with Crippen LogP contribution in [0.15, 0.2) is 49.2 Å². The first-order chi connectivity index (χ1) is 14.8. The molecular weight excluding hydrogens is 530 g/mol. The highest BCUT2D eigenvalue weighted by Crippen LogP contribution is 2.34. The zero-order chi connectivity index (χ0) is 22.5. The molecule has 0 saturated carbocycles. The summed E-state index contributed by atoms with van der Waals surface area (Å²) in [5.41, 5.74) is 0.823. The van der Waals surface area contributed by atoms with Crippen molar-refractivity contribution in [3.63, 3.8) is 0 Å². The zero-order valence-corrected chi connectivity index (χ0v) is 20.5. The third-order valence-corrected chi connectivity index (χ3v) is 5.41. The molecule has 7 nitrogen and oxygen atoms in total. The van der Waals surface area contributed by atoms with E-state index >= 15 is 0 Å². The van der Waals surface area contributed by atoms with Gasteiger partial charge in [0.15, 0.2) is 11.5 Å². The maximum absolute atomic E-state index is 13.2. The van der Waals surface area contributed by atoms with Gasteiger partial charge in [-0.1, -0.05) is 45.2 Å². The number of aryl methyl sites for hydroxylation is 1. The Morgan fingerprint density at radius 1 is 1.23 bits per heavy atom. The van der Waals surface area contributed by atoms with Gasteiger partial charge >= 0.3 is 5.97 Å². The van der Waals surface area contributed by atoms with Crippen LogP contribution in [0.3, 0.4) is 0 Å². The number of fused-ring (bicyclic) bond motifs is 1. The molecule has 0 fully saturated rings. The highest BCUT2D eigenvalue weighted by molar-refractivity contribution is 9.10. The monoisotopic (exact) mass is 549 g/mol. The van der Waals surface area contributed by atoms with Gasteiger partial charge in [0.05, 0.1) is 24.2 Å². The fourth-order valence-corrected chi connectivity index (χ4v) is 3.84. The van der Waals surface area contributed by atoms with Crippen LogP contribution in [-0.2, 0) is 11.2 Å². The second kappa shape index (κ2) is 10.2. The molecule has 2 aromatic carbocycles. The number of nitrogens with zero attached hydrogens (tertiary/aromatic N) is 3. The molecule has 0 aliphatic rings. The molecule has 1 heterocycles. The average molecular weight is 551 g/mol. The second-order valence-corrected chi connectivity index (χ2v) is 8.61. The number of esters is 1. The lowest BCUT2D eigenvalue weighted by molar-refractivity contribution is -0.132. The normalized spacial score (nSPS) is 11.3. The molecule has 0 radical (unpaired) electrons. The van der Waals surface area contributed by atoms with Crippen molar-refractivity contribution in [3.05, 3.63) is 61.0 Å². The summed E-state index contributed by atoms with van der Waals surface area (Å²) in [7, 11) is 1.48. The predicted octanol–water partition coefficient (Wildman–Crippen LogP) is 5.08. The minimum Gasteiger partial charge on any atom is -0.493 e.